The van der Waals surface area contributed by atoms with E-state index >= 15 is 0 Å². The van der Waals surface area contributed by atoms with E-state index in [4.69, 9.17) is 0 Å². The molecule has 1 amide bonds. The predicted molar refractivity (Wildman–Crippen MR) is 67.3 cm³/mol. The first kappa shape index (κ1) is 13.5. The van der Waals surface area contributed by atoms with Gasteiger partial charge in [-0.3, -0.25) is 4.79 Å². The van der Waals surface area contributed by atoms with Gasteiger partial charge in [-0.15, -0.1) is 0 Å². The molecule has 1 aliphatic rings. The molecule has 94 valence electrons. The fourth-order valence-electron chi connectivity index (χ4n) is 2.29. The van der Waals surface area contributed by atoms with Crippen molar-refractivity contribution in [2.75, 3.05) is 33.7 Å². The van der Waals surface area contributed by atoms with Crippen LogP contribution in [-0.4, -0.2) is 49.4 Å². The van der Waals surface area contributed by atoms with Gasteiger partial charge < -0.3 is 9.80 Å². The van der Waals surface area contributed by atoms with Crippen LogP contribution in [0.2, 0.25) is 0 Å². The van der Waals surface area contributed by atoms with Crippen molar-refractivity contribution in [3.05, 3.63) is 0 Å². The number of amides is 1. The van der Waals surface area contributed by atoms with Crippen LogP contribution >= 0.6 is 0 Å². The average Bonchev–Trinajstić information content (AvgIpc) is 2.19. The van der Waals surface area contributed by atoms with Crippen LogP contribution in [0.5, 0.6) is 0 Å². The summed E-state index contributed by atoms with van der Waals surface area (Å²) in [7, 11) is 4.10. The number of nitrogens with zero attached hydrogens (tertiary/aromatic N) is 2. The highest BCUT2D eigenvalue weighted by Gasteiger charge is 2.27. The van der Waals surface area contributed by atoms with E-state index in [1.165, 1.54) is 25.9 Å². The van der Waals surface area contributed by atoms with E-state index in [-0.39, 0.29) is 11.3 Å². The van der Waals surface area contributed by atoms with Crippen molar-refractivity contribution in [3.8, 4) is 0 Å². The SMILES string of the molecule is CN1CCC(CN(C)C(=O)C(C)(C)C)CC1. The molecule has 1 fully saturated rings. The second kappa shape index (κ2) is 5.17. The molecular formula is C13H26N2O. The van der Waals surface area contributed by atoms with Gasteiger partial charge in [0, 0.05) is 19.0 Å². The maximum Gasteiger partial charge on any atom is 0.227 e. The van der Waals surface area contributed by atoms with Gasteiger partial charge in [-0.2, -0.15) is 0 Å². The molecule has 0 bridgehead atoms. The smallest absolute Gasteiger partial charge is 0.227 e. The first-order valence-corrected chi connectivity index (χ1v) is 6.25. The van der Waals surface area contributed by atoms with Gasteiger partial charge in [-0.1, -0.05) is 20.8 Å². The number of hydrogen-bond donors (Lipinski definition) is 0. The number of carbonyl (C=O) groups excluding carboxylic acids is 1. The maximum atomic E-state index is 12.0. The summed E-state index contributed by atoms with van der Waals surface area (Å²) >= 11 is 0. The highest BCUT2D eigenvalue weighted by atomic mass is 16.2. The topological polar surface area (TPSA) is 23.6 Å². The van der Waals surface area contributed by atoms with Crippen LogP contribution in [0.25, 0.3) is 0 Å². The lowest BCUT2D eigenvalue weighted by Crippen LogP contribution is -2.42. The van der Waals surface area contributed by atoms with Crippen LogP contribution in [-0.2, 0) is 4.79 Å². The maximum absolute atomic E-state index is 12.0. The molecule has 0 aromatic carbocycles. The third-order valence-corrected chi connectivity index (χ3v) is 3.36. The van der Waals surface area contributed by atoms with Gasteiger partial charge in [0.05, 0.1) is 0 Å². The number of carbonyl (C=O) groups is 1. The second-order valence-corrected chi connectivity index (χ2v) is 6.18. The van der Waals surface area contributed by atoms with Crippen molar-refractivity contribution in [2.24, 2.45) is 11.3 Å². The zero-order valence-corrected chi connectivity index (χ0v) is 11.4. The molecule has 1 aliphatic heterocycles. The average molecular weight is 226 g/mol. The zero-order valence-electron chi connectivity index (χ0n) is 11.4. The third kappa shape index (κ3) is 3.78. The molecule has 1 heterocycles. The molecule has 0 spiro atoms. The summed E-state index contributed by atoms with van der Waals surface area (Å²) < 4.78 is 0. The Morgan fingerprint density at radius 3 is 2.25 bits per heavy atom. The van der Waals surface area contributed by atoms with Crippen molar-refractivity contribution in [1.29, 1.82) is 0 Å². The van der Waals surface area contributed by atoms with Gasteiger partial charge in [0.2, 0.25) is 5.91 Å². The van der Waals surface area contributed by atoms with Crippen molar-refractivity contribution >= 4 is 5.91 Å². The highest BCUT2D eigenvalue weighted by Crippen LogP contribution is 2.21. The molecule has 3 heteroatoms. The fourth-order valence-corrected chi connectivity index (χ4v) is 2.29. The van der Waals surface area contributed by atoms with E-state index in [9.17, 15) is 4.79 Å². The van der Waals surface area contributed by atoms with Gasteiger partial charge >= 0.3 is 0 Å². The van der Waals surface area contributed by atoms with Gasteiger partial charge in [0.1, 0.15) is 0 Å². The lowest BCUT2D eigenvalue weighted by molar-refractivity contribution is -0.138. The molecule has 0 unspecified atom stereocenters. The fraction of sp³-hybridized carbons (Fsp3) is 0.923. The molecule has 1 rings (SSSR count). The van der Waals surface area contributed by atoms with E-state index in [0.29, 0.717) is 5.92 Å². The van der Waals surface area contributed by atoms with Crippen LogP contribution in [0.15, 0.2) is 0 Å². The van der Waals surface area contributed by atoms with Crippen LogP contribution in [0.4, 0.5) is 0 Å². The molecule has 0 atom stereocenters. The molecular weight excluding hydrogens is 200 g/mol. The van der Waals surface area contributed by atoms with Gasteiger partial charge in [0.25, 0.3) is 0 Å². The number of likely N-dealkylation sites (tertiary alicyclic amines) is 1. The standard InChI is InChI=1S/C13H26N2O/c1-13(2,3)12(16)15(5)10-11-6-8-14(4)9-7-11/h11H,6-10H2,1-5H3. The van der Waals surface area contributed by atoms with Crippen LogP contribution in [0.3, 0.4) is 0 Å². The van der Waals surface area contributed by atoms with Crippen molar-refractivity contribution in [3.63, 3.8) is 0 Å². The summed E-state index contributed by atoms with van der Waals surface area (Å²) in [6.07, 6.45) is 2.44. The summed E-state index contributed by atoms with van der Waals surface area (Å²) in [5.41, 5.74) is -0.250. The Labute approximate surface area is 99.8 Å². The van der Waals surface area contributed by atoms with Gasteiger partial charge in [-0.05, 0) is 38.9 Å². The lowest BCUT2D eigenvalue weighted by Gasteiger charge is -2.33. The normalized spacial score (nSPS) is 19.8. The quantitative estimate of drug-likeness (QED) is 0.717. The zero-order chi connectivity index (χ0) is 12.3. The van der Waals surface area contributed by atoms with E-state index in [0.717, 1.165) is 6.54 Å². The van der Waals surface area contributed by atoms with Crippen LogP contribution in [0.1, 0.15) is 33.6 Å². The Kier molecular flexibility index (Phi) is 4.36. The molecule has 0 saturated carbocycles. The van der Waals surface area contributed by atoms with Gasteiger partial charge in [-0.25, -0.2) is 0 Å². The highest BCUT2D eigenvalue weighted by molar-refractivity contribution is 5.81. The monoisotopic (exact) mass is 226 g/mol. The molecule has 0 radical (unpaired) electrons. The number of hydrogen-bond acceptors (Lipinski definition) is 2. The minimum absolute atomic E-state index is 0.250. The Morgan fingerprint density at radius 1 is 1.31 bits per heavy atom. The van der Waals surface area contributed by atoms with Crippen LogP contribution in [0, 0.1) is 11.3 Å². The molecule has 16 heavy (non-hydrogen) atoms. The van der Waals surface area contributed by atoms with E-state index in [2.05, 4.69) is 11.9 Å². The Morgan fingerprint density at radius 2 is 1.81 bits per heavy atom. The summed E-state index contributed by atoms with van der Waals surface area (Å²) in [5.74, 6) is 0.943. The number of rotatable bonds is 2. The van der Waals surface area contributed by atoms with E-state index in [1.807, 2.05) is 32.7 Å². The summed E-state index contributed by atoms with van der Waals surface area (Å²) in [4.78, 5) is 16.3. The molecule has 0 N–H and O–H groups in total. The largest absolute Gasteiger partial charge is 0.345 e. The van der Waals surface area contributed by atoms with Crippen molar-refractivity contribution in [2.45, 2.75) is 33.6 Å². The Bertz CT molecular complexity index is 237. The van der Waals surface area contributed by atoms with E-state index in [1.54, 1.807) is 0 Å². The molecule has 0 aliphatic carbocycles. The Balaban J connectivity index is 2.40. The second-order valence-electron chi connectivity index (χ2n) is 6.18. The summed E-state index contributed by atoms with van der Waals surface area (Å²) in [5, 5.41) is 0. The number of piperidine rings is 1. The minimum atomic E-state index is -0.250. The van der Waals surface area contributed by atoms with Crippen LogP contribution < -0.4 is 0 Å². The molecule has 3 nitrogen and oxygen atoms in total. The Hall–Kier alpha value is -0.570. The summed E-state index contributed by atoms with van der Waals surface area (Å²) in [6.45, 7) is 9.22. The van der Waals surface area contributed by atoms with E-state index < -0.39 is 0 Å². The predicted octanol–water partition coefficient (Wildman–Crippen LogP) is 1.83. The molecule has 0 aromatic rings. The van der Waals surface area contributed by atoms with Crippen molar-refractivity contribution in [1.82, 2.24) is 9.80 Å². The molecule has 1 saturated heterocycles. The van der Waals surface area contributed by atoms with Gasteiger partial charge in [0.15, 0.2) is 0 Å². The minimum Gasteiger partial charge on any atom is -0.345 e. The molecule has 0 aromatic heterocycles. The first-order chi connectivity index (χ1) is 7.30. The summed E-state index contributed by atoms with van der Waals surface area (Å²) in [6, 6.07) is 0. The third-order valence-electron chi connectivity index (χ3n) is 3.36. The first-order valence-electron chi connectivity index (χ1n) is 6.25. The lowest BCUT2D eigenvalue weighted by atomic mass is 9.92. The van der Waals surface area contributed by atoms with Crippen molar-refractivity contribution < 1.29 is 4.79 Å².